The maximum Gasteiger partial charge on any atom is 0.196 e. The number of rotatable bonds is 3. The number of nitrogens with zero attached hydrogens (tertiary/aromatic N) is 1. The molecule has 1 aromatic carbocycles. The normalized spacial score (nSPS) is 10.5. The highest BCUT2D eigenvalue weighted by Crippen LogP contribution is 2.23. The first-order chi connectivity index (χ1) is 7.31. The first-order valence-corrected chi connectivity index (χ1v) is 5.03. The van der Waals surface area contributed by atoms with Crippen LogP contribution in [0.25, 0.3) is 11.3 Å². The Morgan fingerprint density at radius 1 is 1.27 bits per heavy atom. The molecule has 0 bridgehead atoms. The van der Waals surface area contributed by atoms with Gasteiger partial charge in [-0.15, -0.1) is 0 Å². The molecule has 0 radical (unpaired) electrons. The van der Waals surface area contributed by atoms with E-state index in [2.05, 4.69) is 4.98 Å². The van der Waals surface area contributed by atoms with Gasteiger partial charge in [-0.2, -0.15) is 0 Å². The zero-order valence-electron chi connectivity index (χ0n) is 8.73. The average Bonchev–Trinajstić information content (AvgIpc) is 2.61. The van der Waals surface area contributed by atoms with Gasteiger partial charge in [0.1, 0.15) is 0 Å². The maximum atomic E-state index is 5.65. The average molecular weight is 202 g/mol. The summed E-state index contributed by atoms with van der Waals surface area (Å²) in [6, 6.07) is 9.98. The minimum Gasteiger partial charge on any atom is -0.440 e. The second-order valence-corrected chi connectivity index (χ2v) is 3.43. The Morgan fingerprint density at radius 3 is 2.67 bits per heavy atom. The van der Waals surface area contributed by atoms with Gasteiger partial charge in [0.25, 0.3) is 0 Å². The molecule has 1 heterocycles. The fraction of sp³-hybridized carbons (Fsp3) is 0.250. The van der Waals surface area contributed by atoms with Crippen molar-refractivity contribution in [1.82, 2.24) is 4.98 Å². The summed E-state index contributed by atoms with van der Waals surface area (Å²) in [7, 11) is 0. The molecule has 0 fully saturated rings. The fourth-order valence-corrected chi connectivity index (χ4v) is 1.54. The summed E-state index contributed by atoms with van der Waals surface area (Å²) in [5.74, 6) is 1.56. The number of hydrogen-bond acceptors (Lipinski definition) is 3. The van der Waals surface area contributed by atoms with Crippen LogP contribution in [0.3, 0.4) is 0 Å². The lowest BCUT2D eigenvalue weighted by Crippen LogP contribution is -2.02. The molecule has 15 heavy (non-hydrogen) atoms. The molecule has 3 nitrogen and oxygen atoms in total. The van der Waals surface area contributed by atoms with Crippen LogP contribution in [0, 0.1) is 6.92 Å². The Bertz CT molecular complexity index is 434. The Hall–Kier alpha value is -1.61. The maximum absolute atomic E-state index is 5.65. The summed E-state index contributed by atoms with van der Waals surface area (Å²) >= 11 is 0. The fourth-order valence-electron chi connectivity index (χ4n) is 1.54. The second kappa shape index (κ2) is 4.28. The monoisotopic (exact) mass is 202 g/mol. The van der Waals surface area contributed by atoms with Crippen LogP contribution in [0.2, 0.25) is 0 Å². The molecule has 1 aromatic heterocycles. The first-order valence-electron chi connectivity index (χ1n) is 5.03. The van der Waals surface area contributed by atoms with Gasteiger partial charge in [-0.25, -0.2) is 4.98 Å². The highest BCUT2D eigenvalue weighted by Gasteiger charge is 2.10. The van der Waals surface area contributed by atoms with Crippen molar-refractivity contribution in [3.05, 3.63) is 41.9 Å². The van der Waals surface area contributed by atoms with Crippen LogP contribution in [-0.4, -0.2) is 11.5 Å². The van der Waals surface area contributed by atoms with Crippen molar-refractivity contribution in [2.45, 2.75) is 13.3 Å². The van der Waals surface area contributed by atoms with E-state index in [1.54, 1.807) is 0 Å². The van der Waals surface area contributed by atoms with Crippen molar-refractivity contribution >= 4 is 0 Å². The van der Waals surface area contributed by atoms with Gasteiger partial charge in [0.2, 0.25) is 0 Å². The van der Waals surface area contributed by atoms with E-state index in [0.717, 1.165) is 17.0 Å². The molecule has 2 rings (SSSR count). The quantitative estimate of drug-likeness (QED) is 0.829. The predicted octanol–water partition coefficient (Wildman–Crippen LogP) is 2.15. The van der Waals surface area contributed by atoms with Crippen molar-refractivity contribution < 1.29 is 4.42 Å². The lowest BCUT2D eigenvalue weighted by molar-refractivity contribution is 0.508. The molecule has 0 saturated heterocycles. The number of benzene rings is 1. The molecule has 0 amide bonds. The summed E-state index contributed by atoms with van der Waals surface area (Å²) in [4.78, 5) is 4.33. The molecule has 3 heteroatoms. The number of nitrogens with two attached hydrogens (primary N) is 1. The van der Waals surface area contributed by atoms with E-state index < -0.39 is 0 Å². The van der Waals surface area contributed by atoms with E-state index in [9.17, 15) is 0 Å². The van der Waals surface area contributed by atoms with Crippen molar-refractivity contribution in [2.75, 3.05) is 6.54 Å². The van der Waals surface area contributed by atoms with E-state index in [-0.39, 0.29) is 0 Å². The highest BCUT2D eigenvalue weighted by atomic mass is 16.4. The first kappa shape index (κ1) is 9.93. The van der Waals surface area contributed by atoms with E-state index >= 15 is 0 Å². The zero-order chi connectivity index (χ0) is 10.7. The van der Waals surface area contributed by atoms with Gasteiger partial charge < -0.3 is 10.2 Å². The summed E-state index contributed by atoms with van der Waals surface area (Å²) in [5, 5.41) is 0. The van der Waals surface area contributed by atoms with Gasteiger partial charge in [0, 0.05) is 18.5 Å². The molecule has 0 atom stereocenters. The molecule has 0 saturated carbocycles. The van der Waals surface area contributed by atoms with Crippen LogP contribution in [0.1, 0.15) is 11.6 Å². The largest absolute Gasteiger partial charge is 0.440 e. The third kappa shape index (κ3) is 2.07. The smallest absolute Gasteiger partial charge is 0.196 e. The van der Waals surface area contributed by atoms with Gasteiger partial charge in [-0.05, 0) is 6.92 Å². The number of hydrogen-bond donors (Lipinski definition) is 1. The Kier molecular flexibility index (Phi) is 2.83. The van der Waals surface area contributed by atoms with Crippen LogP contribution < -0.4 is 5.73 Å². The molecule has 78 valence electrons. The van der Waals surface area contributed by atoms with E-state index in [0.29, 0.717) is 18.9 Å². The zero-order valence-corrected chi connectivity index (χ0v) is 8.73. The SMILES string of the molecule is Cc1nc(CCN)oc1-c1ccccc1. The number of aryl methyl sites for hydroxylation is 1. The second-order valence-electron chi connectivity index (χ2n) is 3.43. The Labute approximate surface area is 88.9 Å². The van der Waals surface area contributed by atoms with Gasteiger partial charge in [0.05, 0.1) is 5.69 Å². The third-order valence-corrected chi connectivity index (χ3v) is 2.24. The molecule has 0 spiro atoms. The Morgan fingerprint density at radius 2 is 2.00 bits per heavy atom. The van der Waals surface area contributed by atoms with Crippen molar-refractivity contribution in [1.29, 1.82) is 0 Å². The molecule has 0 unspecified atom stereocenters. The molecular weight excluding hydrogens is 188 g/mol. The summed E-state index contributed by atoms with van der Waals surface area (Å²) in [6.07, 6.45) is 0.688. The van der Waals surface area contributed by atoms with Crippen molar-refractivity contribution in [3.8, 4) is 11.3 Å². The van der Waals surface area contributed by atoms with Crippen molar-refractivity contribution in [3.63, 3.8) is 0 Å². The standard InChI is InChI=1S/C12H14N2O/c1-9-12(10-5-3-2-4-6-10)15-11(14-9)7-8-13/h2-6H,7-8,13H2,1H3. The third-order valence-electron chi connectivity index (χ3n) is 2.24. The van der Waals surface area contributed by atoms with Crippen LogP contribution in [0.15, 0.2) is 34.7 Å². The molecule has 2 aromatic rings. The van der Waals surface area contributed by atoms with E-state index in [1.165, 1.54) is 0 Å². The van der Waals surface area contributed by atoms with E-state index in [1.807, 2.05) is 37.3 Å². The molecule has 0 aliphatic carbocycles. The van der Waals surface area contributed by atoms with Gasteiger partial charge >= 0.3 is 0 Å². The van der Waals surface area contributed by atoms with Crippen LogP contribution in [0.5, 0.6) is 0 Å². The van der Waals surface area contributed by atoms with E-state index in [4.69, 9.17) is 10.2 Å². The van der Waals surface area contributed by atoms with Crippen LogP contribution in [-0.2, 0) is 6.42 Å². The summed E-state index contributed by atoms with van der Waals surface area (Å²) in [6.45, 7) is 2.51. The Balaban J connectivity index is 2.36. The van der Waals surface area contributed by atoms with Gasteiger partial charge in [-0.3, -0.25) is 0 Å². The minimum absolute atomic E-state index is 0.564. The minimum atomic E-state index is 0.564. The lowest BCUT2D eigenvalue weighted by atomic mass is 10.1. The predicted molar refractivity (Wildman–Crippen MR) is 59.4 cm³/mol. The summed E-state index contributed by atoms with van der Waals surface area (Å²) < 4.78 is 5.65. The molecule has 0 aliphatic rings. The molecule has 0 aliphatic heterocycles. The molecular formula is C12H14N2O. The van der Waals surface area contributed by atoms with Gasteiger partial charge in [-0.1, -0.05) is 30.3 Å². The number of aromatic nitrogens is 1. The molecule has 2 N–H and O–H groups in total. The van der Waals surface area contributed by atoms with Crippen molar-refractivity contribution in [2.24, 2.45) is 5.73 Å². The summed E-state index contributed by atoms with van der Waals surface area (Å²) in [5.41, 5.74) is 7.44. The van der Waals surface area contributed by atoms with Gasteiger partial charge in [0.15, 0.2) is 11.7 Å². The topological polar surface area (TPSA) is 52.0 Å². The van der Waals surface area contributed by atoms with Crippen LogP contribution in [0.4, 0.5) is 0 Å². The highest BCUT2D eigenvalue weighted by molar-refractivity contribution is 5.59. The number of oxazole rings is 1. The lowest BCUT2D eigenvalue weighted by Gasteiger charge is -1.95. The van der Waals surface area contributed by atoms with Crippen LogP contribution >= 0.6 is 0 Å².